The molecule has 110 valence electrons. The van der Waals surface area contributed by atoms with Crippen LogP contribution in [0, 0.1) is 11.7 Å². The van der Waals surface area contributed by atoms with Gasteiger partial charge >= 0.3 is 0 Å². The van der Waals surface area contributed by atoms with Crippen molar-refractivity contribution >= 4 is 23.2 Å². The van der Waals surface area contributed by atoms with E-state index < -0.39 is 5.82 Å². The Balaban J connectivity index is 1.79. The minimum Gasteiger partial charge on any atom is -0.393 e. The van der Waals surface area contributed by atoms with Crippen LogP contribution >= 0.6 is 11.6 Å². The Bertz CT molecular complexity index is 492. The highest BCUT2D eigenvalue weighted by molar-refractivity contribution is 6.33. The summed E-state index contributed by atoms with van der Waals surface area (Å²) >= 11 is 5.85. The fourth-order valence-corrected chi connectivity index (χ4v) is 2.60. The molecule has 20 heavy (non-hydrogen) atoms. The Morgan fingerprint density at radius 2 is 2.25 bits per heavy atom. The van der Waals surface area contributed by atoms with Gasteiger partial charge in [0.05, 0.1) is 23.4 Å². The molecule has 0 unspecified atom stereocenters. The average Bonchev–Trinajstić information content (AvgIpc) is 2.30. The van der Waals surface area contributed by atoms with Gasteiger partial charge in [-0.2, -0.15) is 0 Å². The minimum atomic E-state index is -0.436. The van der Waals surface area contributed by atoms with Crippen LogP contribution in [0.5, 0.6) is 0 Å². The van der Waals surface area contributed by atoms with Crippen LogP contribution in [-0.2, 0) is 4.79 Å². The van der Waals surface area contributed by atoms with Gasteiger partial charge < -0.3 is 10.4 Å². The van der Waals surface area contributed by atoms with Crippen molar-refractivity contribution in [3.05, 3.63) is 29.0 Å². The predicted molar refractivity (Wildman–Crippen MR) is 76.3 cm³/mol. The van der Waals surface area contributed by atoms with Crippen molar-refractivity contribution < 1.29 is 14.3 Å². The first-order valence-electron chi connectivity index (χ1n) is 6.55. The van der Waals surface area contributed by atoms with Crippen molar-refractivity contribution in [2.75, 3.05) is 25.5 Å². The molecule has 1 aliphatic rings. The van der Waals surface area contributed by atoms with Crippen LogP contribution in [-0.4, -0.2) is 42.2 Å². The van der Waals surface area contributed by atoms with Crippen LogP contribution in [0.25, 0.3) is 0 Å². The Morgan fingerprint density at radius 1 is 1.55 bits per heavy atom. The maximum absolute atomic E-state index is 12.9. The van der Waals surface area contributed by atoms with E-state index in [1.165, 1.54) is 12.1 Å². The topological polar surface area (TPSA) is 52.6 Å². The summed E-state index contributed by atoms with van der Waals surface area (Å²) in [5, 5.41) is 12.1. The number of likely N-dealkylation sites (N-methyl/N-ethyl adjacent to an activating group) is 1. The first kappa shape index (κ1) is 15.2. The van der Waals surface area contributed by atoms with E-state index in [9.17, 15) is 14.3 Å². The molecule has 2 N–H and O–H groups in total. The lowest BCUT2D eigenvalue weighted by Crippen LogP contribution is -2.39. The highest BCUT2D eigenvalue weighted by Gasteiger charge is 2.28. The number of amides is 1. The molecule has 2 rings (SSSR count). The summed E-state index contributed by atoms with van der Waals surface area (Å²) in [6, 6.07) is 3.86. The van der Waals surface area contributed by atoms with Gasteiger partial charge in [0, 0.05) is 6.54 Å². The molecule has 0 bridgehead atoms. The number of hydrogen-bond donors (Lipinski definition) is 2. The molecule has 1 amide bonds. The highest BCUT2D eigenvalue weighted by atomic mass is 35.5. The molecule has 0 aromatic heterocycles. The molecule has 1 saturated carbocycles. The molecular formula is C14H18ClFN2O2. The molecule has 0 heterocycles. The van der Waals surface area contributed by atoms with Gasteiger partial charge in [-0.15, -0.1) is 0 Å². The lowest BCUT2D eigenvalue weighted by atomic mass is 9.82. The molecule has 0 aliphatic heterocycles. The third kappa shape index (κ3) is 4.16. The summed E-state index contributed by atoms with van der Waals surface area (Å²) in [5.74, 6) is -0.174. The molecule has 1 aliphatic carbocycles. The largest absolute Gasteiger partial charge is 0.393 e. The molecule has 1 fully saturated rings. The molecule has 0 spiro atoms. The Kier molecular flexibility index (Phi) is 4.96. The second kappa shape index (κ2) is 6.52. The highest BCUT2D eigenvalue weighted by Crippen LogP contribution is 2.27. The number of aliphatic hydroxyl groups excluding tert-OH is 1. The third-order valence-corrected chi connectivity index (χ3v) is 3.71. The van der Waals surface area contributed by atoms with E-state index in [0.29, 0.717) is 11.6 Å². The average molecular weight is 301 g/mol. The van der Waals surface area contributed by atoms with Crippen LogP contribution in [0.4, 0.5) is 10.1 Å². The van der Waals surface area contributed by atoms with Gasteiger partial charge in [0.1, 0.15) is 5.82 Å². The van der Waals surface area contributed by atoms with Gasteiger partial charge in [-0.25, -0.2) is 4.39 Å². The second-order valence-corrected chi connectivity index (χ2v) is 5.77. The monoisotopic (exact) mass is 300 g/mol. The zero-order valence-electron chi connectivity index (χ0n) is 11.3. The summed E-state index contributed by atoms with van der Waals surface area (Å²) < 4.78 is 12.9. The maximum Gasteiger partial charge on any atom is 0.238 e. The number of rotatable bonds is 5. The van der Waals surface area contributed by atoms with Gasteiger partial charge in [-0.1, -0.05) is 11.6 Å². The summed E-state index contributed by atoms with van der Waals surface area (Å²) in [4.78, 5) is 13.8. The van der Waals surface area contributed by atoms with Gasteiger partial charge in [-0.05, 0) is 44.0 Å². The summed E-state index contributed by atoms with van der Waals surface area (Å²) in [7, 11) is 1.86. The van der Waals surface area contributed by atoms with E-state index in [2.05, 4.69) is 5.32 Å². The number of nitrogens with one attached hydrogen (secondary N) is 1. The van der Waals surface area contributed by atoms with Crippen molar-refractivity contribution in [3.8, 4) is 0 Å². The summed E-state index contributed by atoms with van der Waals surface area (Å²) in [5.41, 5.74) is 0.408. The summed E-state index contributed by atoms with van der Waals surface area (Å²) in [6.45, 7) is 1.02. The number of hydrogen-bond acceptors (Lipinski definition) is 3. The van der Waals surface area contributed by atoms with Crippen molar-refractivity contribution in [1.82, 2.24) is 4.90 Å². The van der Waals surface area contributed by atoms with E-state index in [0.717, 1.165) is 25.5 Å². The van der Waals surface area contributed by atoms with Gasteiger partial charge in [0.25, 0.3) is 0 Å². The van der Waals surface area contributed by atoms with Gasteiger partial charge in [0.2, 0.25) is 5.91 Å². The van der Waals surface area contributed by atoms with E-state index >= 15 is 0 Å². The molecule has 1 aromatic rings. The standard InChI is InChI=1S/C14H18ClFN2O2/c1-18(7-9-4-11(19)5-9)8-14(20)17-13-3-2-10(16)6-12(13)15/h2-3,6,9,11,19H,4-5,7-8H2,1H3,(H,17,20). The van der Waals surface area contributed by atoms with E-state index in [1.54, 1.807) is 0 Å². The van der Waals surface area contributed by atoms with E-state index in [-0.39, 0.29) is 23.6 Å². The zero-order valence-corrected chi connectivity index (χ0v) is 12.0. The molecule has 0 saturated heterocycles. The maximum atomic E-state index is 12.9. The SMILES string of the molecule is CN(CC(=O)Nc1ccc(F)cc1Cl)CC1CC(O)C1. The van der Waals surface area contributed by atoms with Crippen molar-refractivity contribution in [2.45, 2.75) is 18.9 Å². The number of carbonyl (C=O) groups excluding carboxylic acids is 1. The number of anilines is 1. The van der Waals surface area contributed by atoms with Crippen molar-refractivity contribution in [3.63, 3.8) is 0 Å². The number of aliphatic hydroxyl groups is 1. The second-order valence-electron chi connectivity index (χ2n) is 5.36. The van der Waals surface area contributed by atoms with Crippen LogP contribution < -0.4 is 5.32 Å². The first-order valence-corrected chi connectivity index (χ1v) is 6.93. The van der Waals surface area contributed by atoms with Crippen LogP contribution in [0.15, 0.2) is 18.2 Å². The molecule has 0 atom stereocenters. The van der Waals surface area contributed by atoms with E-state index in [1.807, 2.05) is 11.9 Å². The fraction of sp³-hybridized carbons (Fsp3) is 0.500. The Hall–Kier alpha value is -1.17. The van der Waals surface area contributed by atoms with Crippen LogP contribution in [0.3, 0.4) is 0 Å². The van der Waals surface area contributed by atoms with Crippen molar-refractivity contribution in [2.24, 2.45) is 5.92 Å². The summed E-state index contributed by atoms with van der Waals surface area (Å²) in [6.07, 6.45) is 1.42. The minimum absolute atomic E-state index is 0.180. The molecule has 0 radical (unpaired) electrons. The fourth-order valence-electron chi connectivity index (χ4n) is 2.38. The van der Waals surface area contributed by atoms with Gasteiger partial charge in [-0.3, -0.25) is 9.69 Å². The quantitative estimate of drug-likeness (QED) is 0.876. The predicted octanol–water partition coefficient (Wildman–Crippen LogP) is 2.12. The molecular weight excluding hydrogens is 283 g/mol. The number of benzene rings is 1. The van der Waals surface area contributed by atoms with E-state index in [4.69, 9.17) is 11.6 Å². The number of halogens is 2. The Labute approximate surface area is 122 Å². The first-order chi connectivity index (χ1) is 9.44. The molecule has 6 heteroatoms. The van der Waals surface area contributed by atoms with Gasteiger partial charge in [0.15, 0.2) is 0 Å². The molecule has 1 aromatic carbocycles. The zero-order chi connectivity index (χ0) is 14.7. The van der Waals surface area contributed by atoms with Crippen molar-refractivity contribution in [1.29, 1.82) is 0 Å². The van der Waals surface area contributed by atoms with Crippen LogP contribution in [0.2, 0.25) is 5.02 Å². The lowest BCUT2D eigenvalue weighted by Gasteiger charge is -2.34. The lowest BCUT2D eigenvalue weighted by molar-refractivity contribution is -0.117. The molecule has 4 nitrogen and oxygen atoms in total. The van der Waals surface area contributed by atoms with Crippen LogP contribution in [0.1, 0.15) is 12.8 Å². The smallest absolute Gasteiger partial charge is 0.238 e. The Morgan fingerprint density at radius 3 is 2.85 bits per heavy atom. The number of nitrogens with zero attached hydrogens (tertiary/aromatic N) is 1. The normalized spacial score (nSPS) is 21.6. The number of carbonyl (C=O) groups is 1. The third-order valence-electron chi connectivity index (χ3n) is 3.40.